The van der Waals surface area contributed by atoms with Crippen LogP contribution in [0.5, 0.6) is 0 Å². The number of ether oxygens (including phenoxy) is 1. The highest BCUT2D eigenvalue weighted by atomic mass is 16.5. The maximum Gasteiger partial charge on any atom is 0.251 e. The van der Waals surface area contributed by atoms with Crippen LogP contribution >= 0.6 is 0 Å². The summed E-state index contributed by atoms with van der Waals surface area (Å²) >= 11 is 0. The first-order valence-electron chi connectivity index (χ1n) is 6.07. The van der Waals surface area contributed by atoms with Crippen LogP contribution in [-0.2, 0) is 9.53 Å². The first kappa shape index (κ1) is 14.5. The lowest BCUT2D eigenvalue weighted by molar-refractivity contribution is -0.139. The first-order valence-corrected chi connectivity index (χ1v) is 6.07. The molecule has 0 atom stereocenters. The molecule has 0 saturated carbocycles. The summed E-state index contributed by atoms with van der Waals surface area (Å²) in [5.41, 5.74) is 0.364. The lowest BCUT2D eigenvalue weighted by atomic mass is 10.1. The zero-order chi connectivity index (χ0) is 13.6. The molecule has 1 aromatic rings. The zero-order valence-corrected chi connectivity index (χ0v) is 11.6. The molecule has 0 aromatic heterocycles. The molecule has 0 aliphatic heterocycles. The van der Waals surface area contributed by atoms with E-state index < -0.39 is 5.60 Å². The number of amides is 1. The molecule has 0 aliphatic carbocycles. The molecular weight excluding hydrogens is 228 g/mol. The van der Waals surface area contributed by atoms with E-state index in [-0.39, 0.29) is 5.91 Å². The molecule has 4 heteroatoms. The summed E-state index contributed by atoms with van der Waals surface area (Å²) in [4.78, 5) is 13.9. The average Bonchev–Trinajstić information content (AvgIpc) is 2.39. The largest absolute Gasteiger partial charge is 0.373 e. The number of rotatable bonds is 6. The maximum atomic E-state index is 11.8. The van der Waals surface area contributed by atoms with E-state index in [0.29, 0.717) is 6.54 Å². The smallest absolute Gasteiger partial charge is 0.251 e. The highest BCUT2D eigenvalue weighted by molar-refractivity contribution is 5.84. The summed E-state index contributed by atoms with van der Waals surface area (Å²) in [6, 6.07) is 10.1. The van der Waals surface area contributed by atoms with Crippen molar-refractivity contribution in [2.45, 2.75) is 19.4 Å². The van der Waals surface area contributed by atoms with Gasteiger partial charge in [0.2, 0.25) is 0 Å². The van der Waals surface area contributed by atoms with Crippen LogP contribution in [0.1, 0.15) is 13.8 Å². The van der Waals surface area contributed by atoms with E-state index in [1.54, 1.807) is 13.8 Å². The molecule has 100 valence electrons. The number of likely N-dealkylation sites (N-methyl/N-ethyl adjacent to an activating group) is 1. The molecule has 4 nitrogen and oxygen atoms in total. The summed E-state index contributed by atoms with van der Waals surface area (Å²) < 4.78 is 5.12. The third kappa shape index (κ3) is 4.04. The second-order valence-corrected chi connectivity index (χ2v) is 4.73. The van der Waals surface area contributed by atoms with Crippen molar-refractivity contribution in [3.63, 3.8) is 0 Å². The van der Waals surface area contributed by atoms with Crippen molar-refractivity contribution >= 4 is 11.6 Å². The van der Waals surface area contributed by atoms with Crippen LogP contribution in [0.4, 0.5) is 5.69 Å². The van der Waals surface area contributed by atoms with Crippen LogP contribution in [0.25, 0.3) is 0 Å². The van der Waals surface area contributed by atoms with Gasteiger partial charge in [-0.3, -0.25) is 4.79 Å². The number of carbonyl (C=O) groups is 1. The SMILES string of the molecule is COC(C)(C)C(=O)NCCN(C)c1ccccc1. The number of benzene rings is 1. The van der Waals surface area contributed by atoms with Crippen LogP contribution in [0.2, 0.25) is 0 Å². The lowest BCUT2D eigenvalue weighted by Gasteiger charge is -2.24. The van der Waals surface area contributed by atoms with E-state index in [1.807, 2.05) is 37.4 Å². The van der Waals surface area contributed by atoms with Crippen LogP contribution in [0.15, 0.2) is 30.3 Å². The standard InChI is InChI=1S/C14H22N2O2/c1-14(2,18-4)13(17)15-10-11-16(3)12-8-6-5-7-9-12/h5-9H,10-11H2,1-4H3,(H,15,17). The van der Waals surface area contributed by atoms with Crippen molar-refractivity contribution < 1.29 is 9.53 Å². The highest BCUT2D eigenvalue weighted by Gasteiger charge is 2.26. The summed E-state index contributed by atoms with van der Waals surface area (Å²) in [6.07, 6.45) is 0. The van der Waals surface area contributed by atoms with Gasteiger partial charge in [0.25, 0.3) is 5.91 Å². The molecule has 0 bridgehead atoms. The third-order valence-corrected chi connectivity index (χ3v) is 2.99. The van der Waals surface area contributed by atoms with Gasteiger partial charge in [-0.05, 0) is 26.0 Å². The molecule has 0 fully saturated rings. The molecule has 1 N–H and O–H groups in total. The van der Waals surface area contributed by atoms with Gasteiger partial charge in [0, 0.05) is 32.9 Å². The molecule has 1 rings (SSSR count). The Balaban J connectivity index is 2.37. The Morgan fingerprint density at radius 1 is 1.33 bits per heavy atom. The average molecular weight is 250 g/mol. The summed E-state index contributed by atoms with van der Waals surface area (Å²) in [5, 5.41) is 2.87. The fraction of sp³-hybridized carbons (Fsp3) is 0.500. The number of anilines is 1. The monoisotopic (exact) mass is 250 g/mol. The molecule has 1 amide bonds. The van der Waals surface area contributed by atoms with Crippen LogP contribution < -0.4 is 10.2 Å². The van der Waals surface area contributed by atoms with E-state index in [1.165, 1.54) is 7.11 Å². The molecule has 0 spiro atoms. The minimum Gasteiger partial charge on any atom is -0.373 e. The lowest BCUT2D eigenvalue weighted by Crippen LogP contribution is -2.45. The molecule has 18 heavy (non-hydrogen) atoms. The number of para-hydroxylation sites is 1. The summed E-state index contributed by atoms with van der Waals surface area (Å²) in [5.74, 6) is -0.0912. The number of carbonyl (C=O) groups excluding carboxylic acids is 1. The molecular formula is C14H22N2O2. The molecule has 0 unspecified atom stereocenters. The predicted molar refractivity (Wildman–Crippen MR) is 73.8 cm³/mol. The van der Waals surface area contributed by atoms with Gasteiger partial charge in [0.15, 0.2) is 0 Å². The second kappa shape index (κ2) is 6.40. The van der Waals surface area contributed by atoms with Gasteiger partial charge in [-0.15, -0.1) is 0 Å². The summed E-state index contributed by atoms with van der Waals surface area (Å²) in [6.45, 7) is 4.86. The van der Waals surface area contributed by atoms with Crippen molar-refractivity contribution in [1.82, 2.24) is 5.32 Å². The number of nitrogens with zero attached hydrogens (tertiary/aromatic N) is 1. The highest BCUT2D eigenvalue weighted by Crippen LogP contribution is 2.10. The van der Waals surface area contributed by atoms with Gasteiger partial charge in [0.05, 0.1) is 0 Å². The van der Waals surface area contributed by atoms with Crippen LogP contribution in [0.3, 0.4) is 0 Å². The van der Waals surface area contributed by atoms with Gasteiger partial charge >= 0.3 is 0 Å². The maximum absolute atomic E-state index is 11.8. The molecule has 1 aromatic carbocycles. The Morgan fingerprint density at radius 3 is 2.50 bits per heavy atom. The Bertz CT molecular complexity index is 377. The minimum absolute atomic E-state index is 0.0912. The molecule has 0 aliphatic rings. The Kier molecular flexibility index (Phi) is 5.16. The number of methoxy groups -OCH3 is 1. The molecule has 0 saturated heterocycles. The van der Waals surface area contributed by atoms with Gasteiger partial charge in [0.1, 0.15) is 5.60 Å². The number of hydrogen-bond donors (Lipinski definition) is 1. The quantitative estimate of drug-likeness (QED) is 0.835. The van der Waals surface area contributed by atoms with E-state index in [4.69, 9.17) is 4.74 Å². The van der Waals surface area contributed by atoms with Crippen molar-refractivity contribution in [3.05, 3.63) is 30.3 Å². The minimum atomic E-state index is -0.773. The summed E-state index contributed by atoms with van der Waals surface area (Å²) in [7, 11) is 3.54. The fourth-order valence-corrected chi connectivity index (χ4v) is 1.45. The van der Waals surface area contributed by atoms with E-state index >= 15 is 0 Å². The van der Waals surface area contributed by atoms with Crippen LogP contribution in [0, 0.1) is 0 Å². The molecule has 0 radical (unpaired) electrons. The Labute approximate surface area is 109 Å². The zero-order valence-electron chi connectivity index (χ0n) is 11.6. The predicted octanol–water partition coefficient (Wildman–Crippen LogP) is 1.66. The third-order valence-electron chi connectivity index (χ3n) is 2.99. The van der Waals surface area contributed by atoms with Crippen molar-refractivity contribution in [1.29, 1.82) is 0 Å². The number of hydrogen-bond acceptors (Lipinski definition) is 3. The van der Waals surface area contributed by atoms with Gasteiger partial charge in [-0.1, -0.05) is 18.2 Å². The van der Waals surface area contributed by atoms with Crippen molar-refractivity contribution in [3.8, 4) is 0 Å². The van der Waals surface area contributed by atoms with Crippen molar-refractivity contribution in [2.75, 3.05) is 32.1 Å². The van der Waals surface area contributed by atoms with E-state index in [2.05, 4.69) is 10.2 Å². The Hall–Kier alpha value is -1.55. The first-order chi connectivity index (χ1) is 8.47. The van der Waals surface area contributed by atoms with E-state index in [9.17, 15) is 4.79 Å². The van der Waals surface area contributed by atoms with E-state index in [0.717, 1.165) is 12.2 Å². The van der Waals surface area contributed by atoms with Crippen molar-refractivity contribution in [2.24, 2.45) is 0 Å². The van der Waals surface area contributed by atoms with Gasteiger partial charge in [-0.2, -0.15) is 0 Å². The topological polar surface area (TPSA) is 41.6 Å². The van der Waals surface area contributed by atoms with Crippen LogP contribution in [-0.4, -0.2) is 38.8 Å². The molecule has 0 heterocycles. The fourth-order valence-electron chi connectivity index (χ4n) is 1.45. The van der Waals surface area contributed by atoms with Gasteiger partial charge in [-0.25, -0.2) is 0 Å². The number of nitrogens with one attached hydrogen (secondary N) is 1. The van der Waals surface area contributed by atoms with Gasteiger partial charge < -0.3 is 15.0 Å². The Morgan fingerprint density at radius 2 is 1.94 bits per heavy atom. The normalized spacial score (nSPS) is 11.1. The second-order valence-electron chi connectivity index (χ2n) is 4.73.